The highest BCUT2D eigenvalue weighted by Crippen LogP contribution is 2.30. The van der Waals surface area contributed by atoms with E-state index in [1.165, 1.54) is 0 Å². The normalized spacial score (nSPS) is 12.0. The van der Waals surface area contributed by atoms with Crippen LogP contribution in [0.2, 0.25) is 0 Å². The molecule has 182 valence electrons. The molecule has 0 N–H and O–H groups in total. The number of ether oxygens (including phenoxy) is 2. The average molecular weight is 463 g/mol. The van der Waals surface area contributed by atoms with Crippen molar-refractivity contribution in [3.63, 3.8) is 0 Å². The van der Waals surface area contributed by atoms with E-state index in [1.54, 1.807) is 11.8 Å². The fourth-order valence-corrected chi connectivity index (χ4v) is 2.65. The van der Waals surface area contributed by atoms with E-state index in [0.29, 0.717) is 6.61 Å². The minimum atomic E-state index is -0.477. The van der Waals surface area contributed by atoms with Gasteiger partial charge in [-0.3, -0.25) is 4.79 Å². The van der Waals surface area contributed by atoms with Gasteiger partial charge in [-0.2, -0.15) is 0 Å². The van der Waals surface area contributed by atoms with Crippen LogP contribution in [0.15, 0.2) is 54.0 Å². The summed E-state index contributed by atoms with van der Waals surface area (Å²) in [7, 11) is 0. The summed E-state index contributed by atoms with van der Waals surface area (Å²) in [4.78, 5) is 12.9. The molecule has 0 fully saturated rings. The summed E-state index contributed by atoms with van der Waals surface area (Å²) in [5.74, 6) is 0.677. The largest absolute Gasteiger partial charge is 0.493 e. The maximum atomic E-state index is 11.8. The first-order valence-corrected chi connectivity index (χ1v) is 12.5. The van der Waals surface area contributed by atoms with Crippen LogP contribution < -0.4 is 4.74 Å². The molecule has 0 bridgehead atoms. The Morgan fingerprint density at radius 2 is 1.53 bits per heavy atom. The lowest BCUT2D eigenvalue weighted by molar-refractivity contribution is -0.151. The zero-order valence-corrected chi connectivity index (χ0v) is 23.1. The van der Waals surface area contributed by atoms with Gasteiger partial charge in [-0.25, -0.2) is 0 Å². The number of rotatable bonds is 8. The molecule has 0 amide bonds. The molecule has 0 heterocycles. The van der Waals surface area contributed by atoms with Crippen LogP contribution in [0.25, 0.3) is 4.91 Å². The van der Waals surface area contributed by atoms with Crippen LogP contribution in [-0.4, -0.2) is 19.2 Å². The van der Waals surface area contributed by atoms with Crippen LogP contribution in [0.1, 0.15) is 81.7 Å². The highest BCUT2D eigenvalue weighted by atomic mass is 32.2. The molecule has 4 heteroatoms. The lowest BCUT2D eigenvalue weighted by Crippen LogP contribution is -2.22. The van der Waals surface area contributed by atoms with E-state index in [1.807, 2.05) is 91.2 Å². The topological polar surface area (TPSA) is 35.5 Å². The maximum Gasteiger partial charge on any atom is 0.311 e. The molecule has 3 nitrogen and oxygen atoms in total. The van der Waals surface area contributed by atoms with E-state index in [2.05, 4.69) is 39.0 Å². The van der Waals surface area contributed by atoms with Gasteiger partial charge >= 0.3 is 5.97 Å². The predicted octanol–water partition coefficient (Wildman–Crippen LogP) is 8.92. The lowest BCUT2D eigenvalue weighted by Gasteiger charge is -2.19. The quantitative estimate of drug-likeness (QED) is 0.285. The summed E-state index contributed by atoms with van der Waals surface area (Å²) in [6.07, 6.45) is 7.94. The summed E-state index contributed by atoms with van der Waals surface area (Å²) in [5.41, 5.74) is 0.768. The Balaban J connectivity index is 0. The van der Waals surface area contributed by atoms with Crippen molar-refractivity contribution < 1.29 is 14.3 Å². The molecule has 0 saturated carbocycles. The molecule has 0 aliphatic heterocycles. The molecule has 1 aromatic rings. The van der Waals surface area contributed by atoms with Gasteiger partial charge in [0.15, 0.2) is 0 Å². The van der Waals surface area contributed by atoms with Crippen molar-refractivity contribution in [2.24, 2.45) is 10.8 Å². The van der Waals surface area contributed by atoms with Crippen molar-refractivity contribution in [2.75, 3.05) is 13.2 Å². The molecule has 1 aromatic carbocycles. The Labute approximate surface area is 202 Å². The summed E-state index contributed by atoms with van der Waals surface area (Å²) < 4.78 is 11.1. The summed E-state index contributed by atoms with van der Waals surface area (Å²) in [5, 5.41) is 1.95. The van der Waals surface area contributed by atoms with Gasteiger partial charge in [0, 0.05) is 4.91 Å². The van der Waals surface area contributed by atoms with Crippen LogP contribution in [0.5, 0.6) is 5.75 Å². The second-order valence-electron chi connectivity index (χ2n) is 8.77. The van der Waals surface area contributed by atoms with Gasteiger partial charge < -0.3 is 9.47 Å². The SMILES string of the molecule is C/C=C/C=C(\S/C=C/COC(=O)C(C)(C)C)c1ccc(OCC(C)(C)C)cc1.CC.CC. The molecule has 0 unspecified atom stereocenters. The number of benzene rings is 1. The van der Waals surface area contributed by atoms with Gasteiger partial charge in [0.05, 0.1) is 12.0 Å². The van der Waals surface area contributed by atoms with E-state index in [-0.39, 0.29) is 18.0 Å². The first-order valence-electron chi connectivity index (χ1n) is 11.6. The highest BCUT2D eigenvalue weighted by molar-refractivity contribution is 8.10. The van der Waals surface area contributed by atoms with Crippen LogP contribution in [-0.2, 0) is 9.53 Å². The maximum absolute atomic E-state index is 11.8. The van der Waals surface area contributed by atoms with Crippen molar-refractivity contribution in [1.29, 1.82) is 0 Å². The van der Waals surface area contributed by atoms with Crippen molar-refractivity contribution >= 4 is 22.6 Å². The number of carbonyl (C=O) groups is 1. The number of esters is 1. The minimum Gasteiger partial charge on any atom is -0.493 e. The Hall–Kier alpha value is -1.94. The van der Waals surface area contributed by atoms with Crippen molar-refractivity contribution in [1.82, 2.24) is 0 Å². The molecule has 32 heavy (non-hydrogen) atoms. The van der Waals surface area contributed by atoms with Gasteiger partial charge in [0.2, 0.25) is 0 Å². The van der Waals surface area contributed by atoms with E-state index in [0.717, 1.165) is 16.2 Å². The molecule has 0 aliphatic rings. The predicted molar refractivity (Wildman–Crippen MR) is 144 cm³/mol. The summed E-state index contributed by atoms with van der Waals surface area (Å²) >= 11 is 1.59. The summed E-state index contributed by atoms with van der Waals surface area (Å²) in [6.45, 7) is 23.0. The third-order valence-corrected chi connectivity index (χ3v) is 4.42. The number of hydrogen-bond donors (Lipinski definition) is 0. The molecular formula is C28H46O3S. The molecule has 0 radical (unpaired) electrons. The number of hydrogen-bond acceptors (Lipinski definition) is 4. The lowest BCUT2D eigenvalue weighted by atomic mass is 9.97. The molecule has 0 spiro atoms. The fourth-order valence-electron chi connectivity index (χ4n) is 1.90. The molecule has 0 aliphatic carbocycles. The standard InChI is InChI=1S/C24H34O3S.2C2H6/c1-8-9-11-21(28-17-10-16-26-22(25)24(5,6)7)19-12-14-20(15-13-19)27-18-23(2,3)4;2*1-2/h8-15,17H,16,18H2,1-7H3;2*1-2H3/b9-8+,17-10+,21-11-;;. The van der Waals surface area contributed by atoms with Gasteiger partial charge in [0.25, 0.3) is 0 Å². The van der Waals surface area contributed by atoms with Gasteiger partial charge in [-0.15, -0.1) is 0 Å². The fraction of sp³-hybridized carbons (Fsp3) is 0.536. The second kappa shape index (κ2) is 17.6. The van der Waals surface area contributed by atoms with Gasteiger partial charge in [0.1, 0.15) is 12.4 Å². The van der Waals surface area contributed by atoms with Crippen LogP contribution in [0.3, 0.4) is 0 Å². The molecule has 0 atom stereocenters. The Morgan fingerprint density at radius 3 is 2.00 bits per heavy atom. The average Bonchev–Trinajstić information content (AvgIpc) is 2.76. The van der Waals surface area contributed by atoms with E-state index in [9.17, 15) is 4.79 Å². The van der Waals surface area contributed by atoms with Gasteiger partial charge in [-0.05, 0) is 68.4 Å². The third-order valence-electron chi connectivity index (χ3n) is 3.46. The summed E-state index contributed by atoms with van der Waals surface area (Å²) in [6, 6.07) is 8.13. The molecule has 0 aromatic heterocycles. The first-order chi connectivity index (χ1) is 15.0. The zero-order chi connectivity index (χ0) is 25.2. The van der Waals surface area contributed by atoms with E-state index in [4.69, 9.17) is 9.47 Å². The van der Waals surface area contributed by atoms with Crippen molar-refractivity contribution in [3.8, 4) is 5.75 Å². The number of carbonyl (C=O) groups excluding carboxylic acids is 1. The van der Waals surface area contributed by atoms with Crippen molar-refractivity contribution in [2.45, 2.75) is 76.2 Å². The number of allylic oxidation sites excluding steroid dienone is 3. The van der Waals surface area contributed by atoms with Gasteiger partial charge in [-0.1, -0.05) is 84.5 Å². The molecule has 1 rings (SSSR count). The van der Waals surface area contributed by atoms with Crippen LogP contribution in [0, 0.1) is 10.8 Å². The van der Waals surface area contributed by atoms with Crippen LogP contribution in [0.4, 0.5) is 0 Å². The minimum absolute atomic E-state index is 0.132. The zero-order valence-electron chi connectivity index (χ0n) is 22.2. The third kappa shape index (κ3) is 15.8. The Bertz CT molecular complexity index is 700. The number of thioether (sulfide) groups is 1. The van der Waals surface area contributed by atoms with Crippen LogP contribution >= 0.6 is 11.8 Å². The van der Waals surface area contributed by atoms with Crippen molar-refractivity contribution in [3.05, 3.63) is 59.5 Å². The van der Waals surface area contributed by atoms with E-state index < -0.39 is 5.41 Å². The molecular weight excluding hydrogens is 416 g/mol. The Kier molecular flexibility index (Phi) is 17.7. The second-order valence-corrected chi connectivity index (χ2v) is 9.72. The molecule has 0 saturated heterocycles. The smallest absolute Gasteiger partial charge is 0.311 e. The highest BCUT2D eigenvalue weighted by Gasteiger charge is 2.22. The Morgan fingerprint density at radius 1 is 0.969 bits per heavy atom. The van der Waals surface area contributed by atoms with E-state index >= 15 is 0 Å². The monoisotopic (exact) mass is 462 g/mol. The first kappa shape index (κ1) is 32.2.